The lowest BCUT2D eigenvalue weighted by Gasteiger charge is -2.05. The molecule has 0 saturated heterocycles. The summed E-state index contributed by atoms with van der Waals surface area (Å²) in [4.78, 5) is 8.66. The molecule has 0 aliphatic heterocycles. The van der Waals surface area contributed by atoms with Crippen molar-refractivity contribution < 1.29 is 0 Å². The molecule has 0 radical (unpaired) electrons. The molecule has 0 amide bonds. The maximum atomic E-state index is 5.59. The van der Waals surface area contributed by atoms with E-state index in [0.717, 1.165) is 35.9 Å². The van der Waals surface area contributed by atoms with E-state index in [1.165, 1.54) is 0 Å². The molecular formula is C12H17N5. The first-order valence-corrected chi connectivity index (χ1v) is 5.88. The van der Waals surface area contributed by atoms with Crippen LogP contribution in [-0.4, -0.2) is 19.7 Å². The lowest BCUT2D eigenvalue weighted by molar-refractivity contribution is 0.786. The van der Waals surface area contributed by atoms with Crippen molar-refractivity contribution in [1.82, 2.24) is 19.7 Å². The minimum absolute atomic E-state index is 0.435. The van der Waals surface area contributed by atoms with Gasteiger partial charge in [0.2, 0.25) is 0 Å². The van der Waals surface area contributed by atoms with Crippen molar-refractivity contribution >= 4 is 0 Å². The average Bonchev–Trinajstić information content (AvgIpc) is 2.82. The monoisotopic (exact) mass is 231 g/mol. The van der Waals surface area contributed by atoms with Gasteiger partial charge in [0, 0.05) is 25.6 Å². The van der Waals surface area contributed by atoms with Gasteiger partial charge in [0.15, 0.2) is 5.82 Å². The molecule has 5 nitrogen and oxygen atoms in total. The van der Waals surface area contributed by atoms with Crippen molar-refractivity contribution in [2.75, 3.05) is 0 Å². The van der Waals surface area contributed by atoms with Crippen molar-refractivity contribution in [1.29, 1.82) is 0 Å². The number of hydrogen-bond acceptors (Lipinski definition) is 4. The van der Waals surface area contributed by atoms with Gasteiger partial charge < -0.3 is 5.73 Å². The van der Waals surface area contributed by atoms with Crippen LogP contribution in [0.3, 0.4) is 0 Å². The van der Waals surface area contributed by atoms with Gasteiger partial charge in [-0.25, -0.2) is 9.67 Å². The Kier molecular flexibility index (Phi) is 3.49. The topological polar surface area (TPSA) is 69.6 Å². The summed E-state index contributed by atoms with van der Waals surface area (Å²) in [5.41, 5.74) is 7.43. The van der Waals surface area contributed by atoms with Gasteiger partial charge in [-0.3, -0.25) is 4.98 Å². The molecule has 0 bridgehead atoms. The van der Waals surface area contributed by atoms with Crippen LogP contribution in [0.2, 0.25) is 0 Å². The molecule has 0 saturated carbocycles. The summed E-state index contributed by atoms with van der Waals surface area (Å²) >= 11 is 0. The molecule has 0 aliphatic rings. The normalized spacial score (nSPS) is 10.8. The number of pyridine rings is 1. The highest BCUT2D eigenvalue weighted by molar-refractivity contribution is 5.32. The maximum absolute atomic E-state index is 5.59. The predicted octanol–water partition coefficient (Wildman–Crippen LogP) is 1.25. The van der Waals surface area contributed by atoms with E-state index in [-0.39, 0.29) is 0 Å². The Morgan fingerprint density at radius 3 is 2.76 bits per heavy atom. The molecule has 2 aromatic rings. The molecule has 5 heteroatoms. The van der Waals surface area contributed by atoms with Crippen molar-refractivity contribution in [3.8, 4) is 5.69 Å². The Bertz CT molecular complexity index is 503. The molecule has 90 valence electrons. The summed E-state index contributed by atoms with van der Waals surface area (Å²) in [7, 11) is 0. The first-order chi connectivity index (χ1) is 8.28. The Morgan fingerprint density at radius 2 is 2.12 bits per heavy atom. The number of nitrogens with two attached hydrogens (primary N) is 1. The van der Waals surface area contributed by atoms with Gasteiger partial charge in [0.05, 0.1) is 11.4 Å². The molecule has 0 atom stereocenters. The lowest BCUT2D eigenvalue weighted by Crippen LogP contribution is -2.05. The Hall–Kier alpha value is -1.75. The molecule has 0 fully saturated rings. The van der Waals surface area contributed by atoms with Crippen LogP contribution in [-0.2, 0) is 19.4 Å². The molecule has 17 heavy (non-hydrogen) atoms. The van der Waals surface area contributed by atoms with E-state index in [2.05, 4.69) is 28.9 Å². The van der Waals surface area contributed by atoms with E-state index >= 15 is 0 Å². The second-order valence-corrected chi connectivity index (χ2v) is 3.77. The molecule has 0 aromatic carbocycles. The molecular weight excluding hydrogens is 214 g/mol. The third kappa shape index (κ3) is 2.34. The number of aromatic nitrogens is 4. The maximum Gasteiger partial charge on any atom is 0.151 e. The molecule has 2 rings (SSSR count). The van der Waals surface area contributed by atoms with Crippen LogP contribution in [0.4, 0.5) is 0 Å². The minimum Gasteiger partial charge on any atom is -0.325 e. The fourth-order valence-electron chi connectivity index (χ4n) is 1.69. The first kappa shape index (κ1) is 11.7. The fourth-order valence-corrected chi connectivity index (χ4v) is 1.69. The van der Waals surface area contributed by atoms with Crippen LogP contribution in [0, 0.1) is 0 Å². The van der Waals surface area contributed by atoms with Crippen LogP contribution in [0.25, 0.3) is 5.69 Å². The summed E-state index contributed by atoms with van der Waals surface area (Å²) in [6.07, 6.45) is 3.45. The van der Waals surface area contributed by atoms with Gasteiger partial charge in [-0.2, -0.15) is 5.10 Å². The van der Waals surface area contributed by atoms with Gasteiger partial charge in [-0.1, -0.05) is 13.8 Å². The predicted molar refractivity (Wildman–Crippen MR) is 65.8 cm³/mol. The Morgan fingerprint density at radius 1 is 1.29 bits per heavy atom. The summed E-state index contributed by atoms with van der Waals surface area (Å²) in [5, 5.41) is 4.48. The van der Waals surface area contributed by atoms with Crippen LogP contribution in [0.1, 0.15) is 31.2 Å². The van der Waals surface area contributed by atoms with Crippen LogP contribution < -0.4 is 5.73 Å². The number of nitrogens with zero attached hydrogens (tertiary/aromatic N) is 4. The minimum atomic E-state index is 0.435. The zero-order chi connectivity index (χ0) is 12.3. The number of hydrogen-bond donors (Lipinski definition) is 1. The van der Waals surface area contributed by atoms with Crippen molar-refractivity contribution in [3.05, 3.63) is 35.7 Å². The Balaban J connectivity index is 2.47. The second kappa shape index (κ2) is 5.05. The van der Waals surface area contributed by atoms with E-state index in [4.69, 9.17) is 5.73 Å². The van der Waals surface area contributed by atoms with Gasteiger partial charge in [-0.15, -0.1) is 0 Å². The SMILES string of the molecule is CCc1nc(CC)n(-c2ccnc(CN)c2)n1. The van der Waals surface area contributed by atoms with E-state index in [1.54, 1.807) is 6.20 Å². The summed E-state index contributed by atoms with van der Waals surface area (Å²) < 4.78 is 1.87. The zero-order valence-electron chi connectivity index (χ0n) is 10.2. The fraction of sp³-hybridized carbons (Fsp3) is 0.417. The van der Waals surface area contributed by atoms with Gasteiger partial charge >= 0.3 is 0 Å². The van der Waals surface area contributed by atoms with Gasteiger partial charge in [0.25, 0.3) is 0 Å². The van der Waals surface area contributed by atoms with Crippen molar-refractivity contribution in [3.63, 3.8) is 0 Å². The number of rotatable bonds is 4. The standard InChI is InChI=1S/C12H17N5/c1-3-11-15-12(4-2)17(16-11)10-5-6-14-9(7-10)8-13/h5-7H,3-4,8,13H2,1-2H3. The zero-order valence-corrected chi connectivity index (χ0v) is 10.2. The van der Waals surface area contributed by atoms with Crippen molar-refractivity contribution in [2.45, 2.75) is 33.2 Å². The number of aryl methyl sites for hydroxylation is 2. The van der Waals surface area contributed by atoms with Gasteiger partial charge in [-0.05, 0) is 12.1 Å². The first-order valence-electron chi connectivity index (χ1n) is 5.88. The molecule has 0 aliphatic carbocycles. The molecule has 0 spiro atoms. The second-order valence-electron chi connectivity index (χ2n) is 3.77. The highest BCUT2D eigenvalue weighted by atomic mass is 15.3. The highest BCUT2D eigenvalue weighted by Gasteiger charge is 2.09. The van der Waals surface area contributed by atoms with E-state index in [0.29, 0.717) is 6.54 Å². The van der Waals surface area contributed by atoms with Gasteiger partial charge in [0.1, 0.15) is 5.82 Å². The van der Waals surface area contributed by atoms with Crippen LogP contribution in [0.5, 0.6) is 0 Å². The quantitative estimate of drug-likeness (QED) is 0.859. The van der Waals surface area contributed by atoms with Crippen LogP contribution in [0.15, 0.2) is 18.3 Å². The summed E-state index contributed by atoms with van der Waals surface area (Å²) in [6, 6.07) is 3.87. The lowest BCUT2D eigenvalue weighted by atomic mass is 10.3. The molecule has 2 aromatic heterocycles. The van der Waals surface area contributed by atoms with Crippen LogP contribution >= 0.6 is 0 Å². The van der Waals surface area contributed by atoms with E-state index in [1.807, 2.05) is 16.8 Å². The van der Waals surface area contributed by atoms with Crippen molar-refractivity contribution in [2.24, 2.45) is 5.73 Å². The summed E-state index contributed by atoms with van der Waals surface area (Å²) in [5.74, 6) is 1.84. The molecule has 2 N–H and O–H groups in total. The summed E-state index contributed by atoms with van der Waals surface area (Å²) in [6.45, 7) is 4.56. The largest absolute Gasteiger partial charge is 0.325 e. The average molecular weight is 231 g/mol. The highest BCUT2D eigenvalue weighted by Crippen LogP contribution is 2.11. The molecule has 0 unspecified atom stereocenters. The smallest absolute Gasteiger partial charge is 0.151 e. The Labute approximate surface area is 101 Å². The van der Waals surface area contributed by atoms with E-state index < -0.39 is 0 Å². The molecule has 2 heterocycles. The third-order valence-electron chi connectivity index (χ3n) is 2.60. The third-order valence-corrected chi connectivity index (χ3v) is 2.60. The van der Waals surface area contributed by atoms with E-state index in [9.17, 15) is 0 Å².